The molecule has 0 spiro atoms. The zero-order chi connectivity index (χ0) is 12.6. The summed E-state index contributed by atoms with van der Waals surface area (Å²) in [5.74, 6) is -0.150. The predicted octanol–water partition coefficient (Wildman–Crippen LogP) is 3.58. The first-order valence-electron chi connectivity index (χ1n) is 5.67. The SMILES string of the molecule is O=C([C-]=Cc1c[c-]ccc1)C=Cc1ccccc1.[Pd].[Pd]. The molecule has 3 heteroatoms. The first-order valence-corrected chi connectivity index (χ1v) is 5.67. The van der Waals surface area contributed by atoms with Crippen molar-refractivity contribution in [3.63, 3.8) is 0 Å². The van der Waals surface area contributed by atoms with Gasteiger partial charge in [0.25, 0.3) is 0 Å². The normalized spacial score (nSPS) is 10.0. The molecule has 0 N–H and O–H groups in total. The van der Waals surface area contributed by atoms with Gasteiger partial charge in [0.15, 0.2) is 0 Å². The summed E-state index contributed by atoms with van der Waals surface area (Å²) in [5, 5.41) is 0. The molecule has 0 aliphatic heterocycles. The van der Waals surface area contributed by atoms with Gasteiger partial charge in [-0.15, -0.1) is 23.8 Å². The zero-order valence-electron chi connectivity index (χ0n) is 10.5. The van der Waals surface area contributed by atoms with E-state index in [0.29, 0.717) is 0 Å². The number of hydrogen-bond acceptors (Lipinski definition) is 1. The van der Waals surface area contributed by atoms with Crippen molar-refractivity contribution in [2.24, 2.45) is 0 Å². The fourth-order valence-electron chi connectivity index (χ4n) is 1.44. The Hall–Kier alpha value is -1.09. The number of ketones is 1. The maximum Gasteiger partial charge on any atom is 0.0684 e. The third kappa shape index (κ3) is 6.90. The molecule has 0 aliphatic carbocycles. The van der Waals surface area contributed by atoms with E-state index < -0.39 is 0 Å². The molecular weight excluding hydrogens is 433 g/mol. The van der Waals surface area contributed by atoms with E-state index in [-0.39, 0.29) is 46.6 Å². The van der Waals surface area contributed by atoms with Crippen molar-refractivity contribution < 1.29 is 45.6 Å². The van der Waals surface area contributed by atoms with E-state index in [1.165, 1.54) is 6.08 Å². The van der Waals surface area contributed by atoms with Crippen molar-refractivity contribution in [3.05, 3.63) is 83.9 Å². The monoisotopic (exact) mass is 444 g/mol. The fraction of sp³-hybridized carbons (Fsp3) is 0. The number of benzene rings is 2. The molecule has 0 saturated carbocycles. The van der Waals surface area contributed by atoms with Crippen LogP contribution >= 0.6 is 0 Å². The average molecular weight is 445 g/mol. The van der Waals surface area contributed by atoms with Crippen molar-refractivity contribution >= 4 is 17.9 Å². The Morgan fingerprint density at radius 2 is 1.70 bits per heavy atom. The molecular formula is C17H12OPd2-2. The van der Waals surface area contributed by atoms with Crippen LogP contribution in [0.4, 0.5) is 0 Å². The molecule has 2 aromatic carbocycles. The Labute approximate surface area is 147 Å². The molecule has 0 heterocycles. The van der Waals surface area contributed by atoms with Gasteiger partial charge < -0.3 is 4.79 Å². The minimum Gasteiger partial charge on any atom is -0.319 e. The molecule has 0 aliphatic rings. The molecule has 2 aromatic rings. The van der Waals surface area contributed by atoms with Gasteiger partial charge in [-0.1, -0.05) is 30.3 Å². The van der Waals surface area contributed by atoms with E-state index in [1.54, 1.807) is 18.2 Å². The van der Waals surface area contributed by atoms with Crippen molar-refractivity contribution in [3.8, 4) is 0 Å². The Balaban J connectivity index is 0.00000180. The van der Waals surface area contributed by atoms with Gasteiger partial charge in [-0.25, -0.2) is 0 Å². The maximum absolute atomic E-state index is 11.6. The van der Waals surface area contributed by atoms with Gasteiger partial charge in [-0.3, -0.25) is 0 Å². The van der Waals surface area contributed by atoms with Gasteiger partial charge in [0.2, 0.25) is 0 Å². The van der Waals surface area contributed by atoms with Gasteiger partial charge >= 0.3 is 0 Å². The van der Waals surface area contributed by atoms with Gasteiger partial charge in [-0.05, 0) is 5.56 Å². The number of hydrogen-bond donors (Lipinski definition) is 0. The van der Waals surface area contributed by atoms with Gasteiger partial charge in [0, 0.05) is 40.8 Å². The molecule has 0 unspecified atom stereocenters. The molecule has 2 rings (SSSR count). The van der Waals surface area contributed by atoms with Crippen LogP contribution in [0, 0.1) is 12.1 Å². The topological polar surface area (TPSA) is 17.1 Å². The third-order valence-electron chi connectivity index (χ3n) is 2.34. The molecule has 0 bridgehead atoms. The van der Waals surface area contributed by atoms with Crippen molar-refractivity contribution in [2.45, 2.75) is 0 Å². The third-order valence-corrected chi connectivity index (χ3v) is 2.34. The van der Waals surface area contributed by atoms with Crippen LogP contribution in [0.15, 0.2) is 60.7 Å². The predicted molar refractivity (Wildman–Crippen MR) is 73.5 cm³/mol. The van der Waals surface area contributed by atoms with Crippen LogP contribution in [-0.2, 0) is 45.6 Å². The second kappa shape index (κ2) is 10.7. The molecule has 20 heavy (non-hydrogen) atoms. The molecule has 0 amide bonds. The summed E-state index contributed by atoms with van der Waals surface area (Å²) in [6.45, 7) is 0. The largest absolute Gasteiger partial charge is 0.319 e. The summed E-state index contributed by atoms with van der Waals surface area (Å²) in [7, 11) is 0. The molecule has 1 nitrogen and oxygen atoms in total. The second-order valence-corrected chi connectivity index (χ2v) is 3.73. The Bertz CT molecular complexity index is 509. The van der Waals surface area contributed by atoms with E-state index >= 15 is 0 Å². The van der Waals surface area contributed by atoms with Crippen LogP contribution < -0.4 is 0 Å². The molecule has 0 saturated heterocycles. The van der Waals surface area contributed by atoms with E-state index in [9.17, 15) is 4.79 Å². The van der Waals surface area contributed by atoms with Crippen LogP contribution in [0.1, 0.15) is 11.1 Å². The van der Waals surface area contributed by atoms with Crippen molar-refractivity contribution in [1.82, 2.24) is 0 Å². The molecule has 0 aromatic heterocycles. The van der Waals surface area contributed by atoms with Crippen LogP contribution in [0.2, 0.25) is 0 Å². The summed E-state index contributed by atoms with van der Waals surface area (Å²) in [6, 6.07) is 20.0. The van der Waals surface area contributed by atoms with Crippen LogP contribution in [0.25, 0.3) is 12.2 Å². The van der Waals surface area contributed by atoms with E-state index in [1.807, 2.05) is 48.5 Å². The first kappa shape index (κ1) is 18.9. The Morgan fingerprint density at radius 3 is 2.35 bits per heavy atom. The summed E-state index contributed by atoms with van der Waals surface area (Å²) in [4.78, 5) is 11.6. The minimum atomic E-state index is -0.150. The number of carbonyl (C=O) groups is 1. The minimum absolute atomic E-state index is 0. The maximum atomic E-state index is 11.6. The molecule has 0 fully saturated rings. The zero-order valence-corrected chi connectivity index (χ0v) is 13.6. The van der Waals surface area contributed by atoms with Crippen molar-refractivity contribution in [2.75, 3.05) is 0 Å². The second-order valence-electron chi connectivity index (χ2n) is 3.73. The Kier molecular flexibility index (Phi) is 10.1. The van der Waals surface area contributed by atoms with E-state index in [4.69, 9.17) is 0 Å². The fourth-order valence-corrected chi connectivity index (χ4v) is 1.44. The molecule has 0 radical (unpaired) electrons. The quantitative estimate of drug-likeness (QED) is 0.400. The van der Waals surface area contributed by atoms with Crippen LogP contribution in [0.5, 0.6) is 0 Å². The van der Waals surface area contributed by atoms with Gasteiger partial charge in [0.1, 0.15) is 0 Å². The molecule has 0 atom stereocenters. The average Bonchev–Trinajstić information content (AvgIpc) is 2.45. The molecule has 108 valence electrons. The Morgan fingerprint density at radius 1 is 1.00 bits per heavy atom. The standard InChI is InChI=1S/C17H12O.2Pd/c18-17(13-11-15-7-3-1-4-8-15)14-12-16-9-5-2-6-10-16;;/h1-5,7-13H;;/q-2;;. The summed E-state index contributed by atoms with van der Waals surface area (Å²) < 4.78 is 0. The van der Waals surface area contributed by atoms with Crippen LogP contribution in [-0.4, -0.2) is 5.78 Å². The van der Waals surface area contributed by atoms with Gasteiger partial charge in [0.05, 0.1) is 5.78 Å². The number of rotatable bonds is 4. The van der Waals surface area contributed by atoms with Crippen molar-refractivity contribution in [1.29, 1.82) is 0 Å². The summed E-state index contributed by atoms with van der Waals surface area (Å²) >= 11 is 0. The van der Waals surface area contributed by atoms with E-state index in [2.05, 4.69) is 12.1 Å². The van der Waals surface area contributed by atoms with Gasteiger partial charge in [-0.2, -0.15) is 36.4 Å². The smallest absolute Gasteiger partial charge is 0.0684 e. The summed E-state index contributed by atoms with van der Waals surface area (Å²) in [5.41, 5.74) is 1.92. The first-order chi connectivity index (χ1) is 8.84. The van der Waals surface area contributed by atoms with E-state index in [0.717, 1.165) is 11.1 Å². The summed E-state index contributed by atoms with van der Waals surface area (Å²) in [6.07, 6.45) is 7.65. The van der Waals surface area contributed by atoms with Crippen LogP contribution in [0.3, 0.4) is 0 Å². The number of carbonyl (C=O) groups excluding carboxylic acids is 1. The number of allylic oxidation sites excluding steroid dienone is 2.